The van der Waals surface area contributed by atoms with Crippen molar-refractivity contribution in [3.8, 4) is 0 Å². The molecular formula is C14H31N. The lowest BCUT2D eigenvalue weighted by molar-refractivity contribution is 0.214. The van der Waals surface area contributed by atoms with Crippen molar-refractivity contribution in [1.82, 2.24) is 5.32 Å². The first-order valence-electron chi connectivity index (χ1n) is 6.37. The van der Waals surface area contributed by atoms with Crippen LogP contribution in [0.3, 0.4) is 0 Å². The van der Waals surface area contributed by atoms with Gasteiger partial charge in [0.05, 0.1) is 0 Å². The normalized spacial score (nSPS) is 15.4. The minimum Gasteiger partial charge on any atom is -0.316 e. The Bertz CT molecular complexity index is 159. The van der Waals surface area contributed by atoms with Crippen LogP contribution < -0.4 is 5.32 Å². The van der Waals surface area contributed by atoms with Gasteiger partial charge in [-0.2, -0.15) is 0 Å². The van der Waals surface area contributed by atoms with Gasteiger partial charge in [0, 0.05) is 0 Å². The van der Waals surface area contributed by atoms with Crippen molar-refractivity contribution >= 4 is 0 Å². The molecule has 0 aromatic heterocycles. The maximum Gasteiger partial charge on any atom is -0.0000124 e. The van der Waals surface area contributed by atoms with Crippen molar-refractivity contribution in [2.24, 2.45) is 16.7 Å². The van der Waals surface area contributed by atoms with Gasteiger partial charge >= 0.3 is 0 Å². The van der Waals surface area contributed by atoms with Crippen LogP contribution in [-0.4, -0.2) is 13.1 Å². The zero-order valence-electron chi connectivity index (χ0n) is 11.9. The highest BCUT2D eigenvalue weighted by Crippen LogP contribution is 2.30. The highest BCUT2D eigenvalue weighted by Gasteiger charge is 2.22. The summed E-state index contributed by atoms with van der Waals surface area (Å²) in [4.78, 5) is 0. The molecule has 0 bridgehead atoms. The van der Waals surface area contributed by atoms with Crippen LogP contribution in [0.2, 0.25) is 0 Å². The molecule has 0 fully saturated rings. The van der Waals surface area contributed by atoms with E-state index in [1.54, 1.807) is 0 Å². The van der Waals surface area contributed by atoms with Crippen LogP contribution in [0.25, 0.3) is 0 Å². The Kier molecular flexibility index (Phi) is 5.87. The first-order valence-corrected chi connectivity index (χ1v) is 6.37. The summed E-state index contributed by atoms with van der Waals surface area (Å²) in [6.45, 7) is 18.5. The van der Waals surface area contributed by atoms with E-state index in [2.05, 4.69) is 53.8 Å². The van der Waals surface area contributed by atoms with Crippen molar-refractivity contribution in [3.05, 3.63) is 0 Å². The predicted molar refractivity (Wildman–Crippen MR) is 70.2 cm³/mol. The number of rotatable bonds is 5. The first kappa shape index (κ1) is 15.0. The van der Waals surface area contributed by atoms with Crippen LogP contribution in [0.4, 0.5) is 0 Å². The smallest absolute Gasteiger partial charge is 0.0000124 e. The van der Waals surface area contributed by atoms with E-state index in [-0.39, 0.29) is 0 Å². The van der Waals surface area contributed by atoms with E-state index in [1.807, 2.05) is 0 Å². The molecule has 92 valence electrons. The molecule has 0 aliphatic carbocycles. The van der Waals surface area contributed by atoms with Gasteiger partial charge in [-0.1, -0.05) is 54.9 Å². The molecule has 0 aliphatic rings. The van der Waals surface area contributed by atoms with E-state index in [0.29, 0.717) is 10.8 Å². The fourth-order valence-corrected chi connectivity index (χ4v) is 1.99. The van der Waals surface area contributed by atoms with E-state index >= 15 is 0 Å². The molecule has 1 atom stereocenters. The second kappa shape index (κ2) is 5.89. The summed E-state index contributed by atoms with van der Waals surface area (Å²) >= 11 is 0. The Hall–Kier alpha value is -0.0400. The maximum atomic E-state index is 3.56. The van der Waals surface area contributed by atoms with Crippen LogP contribution in [0, 0.1) is 16.7 Å². The van der Waals surface area contributed by atoms with Gasteiger partial charge in [-0.25, -0.2) is 0 Å². The Morgan fingerprint density at radius 1 is 1.00 bits per heavy atom. The van der Waals surface area contributed by atoms with Crippen LogP contribution in [0.15, 0.2) is 0 Å². The van der Waals surface area contributed by atoms with Gasteiger partial charge < -0.3 is 5.32 Å². The van der Waals surface area contributed by atoms with E-state index < -0.39 is 0 Å². The molecular weight excluding hydrogens is 182 g/mol. The zero-order chi connectivity index (χ0) is 12.1. The minimum atomic E-state index is 0.406. The van der Waals surface area contributed by atoms with E-state index in [4.69, 9.17) is 0 Å². The van der Waals surface area contributed by atoms with Crippen molar-refractivity contribution in [1.29, 1.82) is 0 Å². The highest BCUT2D eigenvalue weighted by atomic mass is 14.9. The fraction of sp³-hybridized carbons (Fsp3) is 1.00. The standard InChI is InChI=1S/C14H31N/c1-8-12(14(5,6)7)9-10-15-11-13(2,3)4/h12,15H,8-11H2,1-7H3. The average Bonchev–Trinajstić information content (AvgIpc) is 1.99. The van der Waals surface area contributed by atoms with Crippen molar-refractivity contribution in [3.63, 3.8) is 0 Å². The monoisotopic (exact) mass is 213 g/mol. The summed E-state index contributed by atoms with van der Waals surface area (Å²) in [5, 5.41) is 3.56. The molecule has 0 aromatic rings. The summed E-state index contributed by atoms with van der Waals surface area (Å²) in [6, 6.07) is 0. The molecule has 1 unspecified atom stereocenters. The summed E-state index contributed by atoms with van der Waals surface area (Å²) in [7, 11) is 0. The van der Waals surface area contributed by atoms with Gasteiger partial charge in [0.15, 0.2) is 0 Å². The first-order chi connectivity index (χ1) is 6.67. The predicted octanol–water partition coefficient (Wildman–Crippen LogP) is 4.08. The molecule has 0 spiro atoms. The molecule has 0 rings (SSSR count). The third kappa shape index (κ3) is 7.84. The van der Waals surface area contributed by atoms with E-state index in [1.165, 1.54) is 12.8 Å². The van der Waals surface area contributed by atoms with Gasteiger partial charge in [0.2, 0.25) is 0 Å². The Morgan fingerprint density at radius 2 is 1.53 bits per heavy atom. The second-order valence-electron chi connectivity index (χ2n) is 7.00. The molecule has 0 aromatic carbocycles. The number of hydrogen-bond donors (Lipinski definition) is 1. The molecule has 0 heterocycles. The molecule has 1 N–H and O–H groups in total. The molecule has 0 radical (unpaired) electrons. The maximum absolute atomic E-state index is 3.56. The lowest BCUT2D eigenvalue weighted by Crippen LogP contribution is -2.30. The van der Waals surface area contributed by atoms with Gasteiger partial charge in [0.1, 0.15) is 0 Å². The zero-order valence-corrected chi connectivity index (χ0v) is 11.9. The summed E-state index contributed by atoms with van der Waals surface area (Å²) < 4.78 is 0. The largest absolute Gasteiger partial charge is 0.316 e. The lowest BCUT2D eigenvalue weighted by Gasteiger charge is -2.30. The van der Waals surface area contributed by atoms with Crippen LogP contribution in [-0.2, 0) is 0 Å². The van der Waals surface area contributed by atoms with Crippen LogP contribution in [0.5, 0.6) is 0 Å². The van der Waals surface area contributed by atoms with Crippen molar-refractivity contribution < 1.29 is 0 Å². The Labute approximate surface area is 97.0 Å². The summed E-state index contributed by atoms with van der Waals surface area (Å²) in [6.07, 6.45) is 2.59. The number of nitrogens with one attached hydrogen (secondary N) is 1. The molecule has 0 amide bonds. The van der Waals surface area contributed by atoms with E-state index in [9.17, 15) is 0 Å². The molecule has 0 aliphatic heterocycles. The fourth-order valence-electron chi connectivity index (χ4n) is 1.99. The molecule has 1 nitrogen and oxygen atoms in total. The minimum absolute atomic E-state index is 0.406. The molecule has 0 saturated heterocycles. The molecule has 15 heavy (non-hydrogen) atoms. The third-order valence-corrected chi connectivity index (χ3v) is 3.04. The topological polar surface area (TPSA) is 12.0 Å². The van der Waals surface area contributed by atoms with Gasteiger partial charge in [0.25, 0.3) is 0 Å². The second-order valence-corrected chi connectivity index (χ2v) is 7.00. The van der Waals surface area contributed by atoms with Crippen LogP contribution >= 0.6 is 0 Å². The molecule has 1 heteroatoms. The van der Waals surface area contributed by atoms with Gasteiger partial charge in [-0.05, 0) is 36.3 Å². The van der Waals surface area contributed by atoms with Crippen molar-refractivity contribution in [2.45, 2.75) is 61.3 Å². The quantitative estimate of drug-likeness (QED) is 0.678. The summed E-state index contributed by atoms with van der Waals surface area (Å²) in [5.74, 6) is 0.838. The third-order valence-electron chi connectivity index (χ3n) is 3.04. The Morgan fingerprint density at radius 3 is 1.87 bits per heavy atom. The lowest BCUT2D eigenvalue weighted by atomic mass is 9.77. The SMILES string of the molecule is CCC(CCNCC(C)(C)C)C(C)(C)C. The van der Waals surface area contributed by atoms with E-state index in [0.717, 1.165) is 19.0 Å². The highest BCUT2D eigenvalue weighted by molar-refractivity contribution is 4.74. The van der Waals surface area contributed by atoms with Gasteiger partial charge in [-0.15, -0.1) is 0 Å². The van der Waals surface area contributed by atoms with Crippen LogP contribution in [0.1, 0.15) is 61.3 Å². The Balaban J connectivity index is 3.75. The average molecular weight is 213 g/mol. The van der Waals surface area contributed by atoms with Gasteiger partial charge in [-0.3, -0.25) is 0 Å². The number of hydrogen-bond acceptors (Lipinski definition) is 1. The summed E-state index contributed by atoms with van der Waals surface area (Å²) in [5.41, 5.74) is 0.863. The van der Waals surface area contributed by atoms with Crippen molar-refractivity contribution in [2.75, 3.05) is 13.1 Å². The molecule has 0 saturated carbocycles.